The van der Waals surface area contributed by atoms with Gasteiger partial charge in [0.05, 0.1) is 16.6 Å². The number of H-pyrrole nitrogens is 1. The number of aromatic nitrogens is 2. The Morgan fingerprint density at radius 1 is 1.04 bits per heavy atom. The Morgan fingerprint density at radius 3 is 2.70 bits per heavy atom. The van der Waals surface area contributed by atoms with Gasteiger partial charge in [0.15, 0.2) is 0 Å². The highest BCUT2D eigenvalue weighted by atomic mass is 32.2. The molecule has 2 aromatic heterocycles. The van der Waals surface area contributed by atoms with Crippen molar-refractivity contribution in [3.8, 4) is 0 Å². The average molecular weight is 329 g/mol. The van der Waals surface area contributed by atoms with Crippen molar-refractivity contribution in [1.29, 1.82) is 0 Å². The lowest BCUT2D eigenvalue weighted by atomic mass is 9.96. The Kier molecular flexibility index (Phi) is 3.58. The van der Waals surface area contributed by atoms with Gasteiger partial charge in [0.1, 0.15) is 0 Å². The minimum Gasteiger partial charge on any atom is -0.353 e. The fraction of sp³-hybridized carbons (Fsp3) is 0.353. The molecule has 0 radical (unpaired) electrons. The van der Waals surface area contributed by atoms with E-state index in [2.05, 4.69) is 14.7 Å². The number of pyridine rings is 1. The largest absolute Gasteiger partial charge is 0.353 e. The number of fused-ring (bicyclic) bond motifs is 3. The van der Waals surface area contributed by atoms with Crippen molar-refractivity contribution in [2.45, 2.75) is 43.0 Å². The molecule has 1 aromatic carbocycles. The molecule has 2 N–H and O–H groups in total. The average Bonchev–Trinajstić information content (AvgIpc) is 2.93. The predicted octanol–water partition coefficient (Wildman–Crippen LogP) is 3.33. The first-order chi connectivity index (χ1) is 11.1. The molecule has 1 saturated carbocycles. The van der Waals surface area contributed by atoms with Crippen molar-refractivity contribution >= 4 is 31.8 Å². The van der Waals surface area contributed by atoms with Crippen LogP contribution in [0.4, 0.5) is 0 Å². The molecule has 0 amide bonds. The molecular weight excluding hydrogens is 310 g/mol. The van der Waals surface area contributed by atoms with Crippen molar-refractivity contribution in [2.75, 3.05) is 0 Å². The maximum Gasteiger partial charge on any atom is 0.240 e. The Labute approximate surface area is 135 Å². The zero-order valence-electron chi connectivity index (χ0n) is 12.7. The molecule has 4 rings (SSSR count). The lowest BCUT2D eigenvalue weighted by Gasteiger charge is -2.22. The number of rotatable bonds is 3. The minimum absolute atomic E-state index is 0.0663. The molecule has 1 aliphatic carbocycles. The molecular formula is C17H19N3O2S. The first-order valence-electron chi connectivity index (χ1n) is 8.01. The van der Waals surface area contributed by atoms with E-state index in [0.29, 0.717) is 4.90 Å². The molecule has 0 aliphatic heterocycles. The highest BCUT2D eigenvalue weighted by Crippen LogP contribution is 2.27. The SMILES string of the molecule is O=S(=O)(NC1CCCCC1)c1ccc2[nH]c3cnccc3c2c1. The molecule has 3 aromatic rings. The number of nitrogens with one attached hydrogen (secondary N) is 2. The number of hydrogen-bond donors (Lipinski definition) is 2. The third-order valence-corrected chi connectivity index (χ3v) is 6.13. The van der Waals surface area contributed by atoms with Gasteiger partial charge >= 0.3 is 0 Å². The Hall–Kier alpha value is -1.92. The van der Waals surface area contributed by atoms with E-state index in [1.54, 1.807) is 24.5 Å². The van der Waals surface area contributed by atoms with Crippen LogP contribution >= 0.6 is 0 Å². The van der Waals surface area contributed by atoms with Crippen LogP contribution in [0.15, 0.2) is 41.6 Å². The molecule has 23 heavy (non-hydrogen) atoms. The van der Waals surface area contributed by atoms with Gasteiger partial charge in [-0.1, -0.05) is 19.3 Å². The summed E-state index contributed by atoms with van der Waals surface area (Å²) in [4.78, 5) is 7.68. The zero-order valence-corrected chi connectivity index (χ0v) is 13.6. The van der Waals surface area contributed by atoms with Gasteiger partial charge in [0.25, 0.3) is 0 Å². The summed E-state index contributed by atoms with van der Waals surface area (Å²) in [6.45, 7) is 0. The molecule has 120 valence electrons. The van der Waals surface area contributed by atoms with Crippen molar-refractivity contribution in [2.24, 2.45) is 0 Å². The van der Waals surface area contributed by atoms with Crippen LogP contribution in [-0.4, -0.2) is 24.4 Å². The summed E-state index contributed by atoms with van der Waals surface area (Å²) in [7, 11) is -3.48. The Balaban J connectivity index is 1.74. The molecule has 0 saturated heterocycles. The van der Waals surface area contributed by atoms with Gasteiger partial charge in [-0.3, -0.25) is 4.98 Å². The molecule has 2 heterocycles. The van der Waals surface area contributed by atoms with E-state index in [0.717, 1.165) is 47.5 Å². The molecule has 0 bridgehead atoms. The predicted molar refractivity (Wildman–Crippen MR) is 90.8 cm³/mol. The second kappa shape index (κ2) is 5.62. The fourth-order valence-corrected chi connectivity index (χ4v) is 4.74. The summed E-state index contributed by atoms with van der Waals surface area (Å²) in [5, 5.41) is 1.90. The third-order valence-electron chi connectivity index (χ3n) is 4.61. The third kappa shape index (κ3) is 2.72. The number of benzene rings is 1. The topological polar surface area (TPSA) is 74.8 Å². The summed E-state index contributed by atoms with van der Waals surface area (Å²) in [6, 6.07) is 7.20. The van der Waals surface area contributed by atoms with Gasteiger partial charge in [0.2, 0.25) is 10.0 Å². The standard InChI is InChI=1S/C17H19N3O2S/c21-23(22,20-12-4-2-1-3-5-12)13-6-7-16-15(10-13)14-8-9-18-11-17(14)19-16/h6-12,19-20H,1-5H2. The summed E-state index contributed by atoms with van der Waals surface area (Å²) in [5.74, 6) is 0. The van der Waals surface area contributed by atoms with E-state index in [-0.39, 0.29) is 6.04 Å². The van der Waals surface area contributed by atoms with E-state index in [4.69, 9.17) is 0 Å². The van der Waals surface area contributed by atoms with Crippen LogP contribution in [0.3, 0.4) is 0 Å². The second-order valence-electron chi connectivity index (χ2n) is 6.21. The minimum atomic E-state index is -3.48. The second-order valence-corrected chi connectivity index (χ2v) is 7.92. The molecule has 1 aliphatic rings. The molecule has 1 fully saturated rings. The van der Waals surface area contributed by atoms with Crippen LogP contribution in [0.1, 0.15) is 32.1 Å². The van der Waals surface area contributed by atoms with Crippen molar-refractivity contribution in [3.05, 3.63) is 36.7 Å². The molecule has 6 heteroatoms. The van der Waals surface area contributed by atoms with Crippen molar-refractivity contribution in [1.82, 2.24) is 14.7 Å². The monoisotopic (exact) mass is 329 g/mol. The number of hydrogen-bond acceptors (Lipinski definition) is 3. The van der Waals surface area contributed by atoms with E-state index >= 15 is 0 Å². The fourth-order valence-electron chi connectivity index (χ4n) is 3.40. The number of nitrogens with zero attached hydrogens (tertiary/aromatic N) is 1. The van der Waals surface area contributed by atoms with Crippen LogP contribution in [0.5, 0.6) is 0 Å². The van der Waals surface area contributed by atoms with Crippen LogP contribution < -0.4 is 4.72 Å². The van der Waals surface area contributed by atoms with Gasteiger partial charge in [-0.05, 0) is 37.1 Å². The summed E-state index contributed by atoms with van der Waals surface area (Å²) in [5.41, 5.74) is 1.84. The van der Waals surface area contributed by atoms with E-state index in [1.165, 1.54) is 6.42 Å². The van der Waals surface area contributed by atoms with Crippen LogP contribution in [-0.2, 0) is 10.0 Å². The summed E-state index contributed by atoms with van der Waals surface area (Å²) < 4.78 is 28.2. The molecule has 0 spiro atoms. The highest BCUT2D eigenvalue weighted by molar-refractivity contribution is 7.89. The van der Waals surface area contributed by atoms with Crippen molar-refractivity contribution in [3.63, 3.8) is 0 Å². The first-order valence-corrected chi connectivity index (χ1v) is 9.50. The summed E-state index contributed by atoms with van der Waals surface area (Å²) >= 11 is 0. The van der Waals surface area contributed by atoms with Gasteiger partial charge in [-0.2, -0.15) is 0 Å². The van der Waals surface area contributed by atoms with Gasteiger partial charge in [-0.25, -0.2) is 13.1 Å². The highest BCUT2D eigenvalue weighted by Gasteiger charge is 2.22. The summed E-state index contributed by atoms with van der Waals surface area (Å²) in [6.07, 6.45) is 8.73. The van der Waals surface area contributed by atoms with Crippen LogP contribution in [0.25, 0.3) is 21.8 Å². The van der Waals surface area contributed by atoms with E-state index in [1.807, 2.05) is 12.1 Å². The van der Waals surface area contributed by atoms with Gasteiger partial charge in [0, 0.05) is 28.5 Å². The van der Waals surface area contributed by atoms with Crippen molar-refractivity contribution < 1.29 is 8.42 Å². The van der Waals surface area contributed by atoms with Gasteiger partial charge in [-0.15, -0.1) is 0 Å². The van der Waals surface area contributed by atoms with E-state index < -0.39 is 10.0 Å². The maximum atomic E-state index is 12.7. The Bertz CT molecular complexity index is 956. The number of sulfonamides is 1. The normalized spacial score (nSPS) is 17.0. The smallest absolute Gasteiger partial charge is 0.240 e. The maximum absolute atomic E-state index is 12.7. The number of aromatic amines is 1. The first kappa shape index (κ1) is 14.7. The van der Waals surface area contributed by atoms with E-state index in [9.17, 15) is 8.42 Å². The van der Waals surface area contributed by atoms with Gasteiger partial charge < -0.3 is 4.98 Å². The lowest BCUT2D eigenvalue weighted by Crippen LogP contribution is -2.36. The Morgan fingerprint density at radius 2 is 1.87 bits per heavy atom. The zero-order chi connectivity index (χ0) is 15.9. The van der Waals surface area contributed by atoms with Crippen LogP contribution in [0.2, 0.25) is 0 Å². The molecule has 0 unspecified atom stereocenters. The lowest BCUT2D eigenvalue weighted by molar-refractivity contribution is 0.412. The quantitative estimate of drug-likeness (QED) is 0.774. The molecule has 5 nitrogen and oxygen atoms in total. The molecule has 0 atom stereocenters. The van der Waals surface area contributed by atoms with Crippen LogP contribution in [0, 0.1) is 0 Å².